The molecular formula is C12H17NO2. The lowest BCUT2D eigenvalue weighted by Gasteiger charge is -2.10. The zero-order chi connectivity index (χ0) is 11.3. The number of hydrogen-bond acceptors (Lipinski definition) is 2. The number of rotatable bonds is 4. The van der Waals surface area contributed by atoms with Crippen LogP contribution in [0.25, 0.3) is 0 Å². The smallest absolute Gasteiger partial charge is 0.224 e. The molecule has 0 aliphatic heterocycles. The van der Waals surface area contributed by atoms with Gasteiger partial charge in [0.1, 0.15) is 0 Å². The van der Waals surface area contributed by atoms with E-state index in [0.29, 0.717) is 6.42 Å². The molecule has 3 nitrogen and oxygen atoms in total. The SMILES string of the molecule is Cc1cccc(CC(=O)N[C@H](C)CO)c1. The Morgan fingerprint density at radius 2 is 2.27 bits per heavy atom. The first-order chi connectivity index (χ1) is 7.11. The molecule has 0 saturated carbocycles. The molecule has 1 amide bonds. The maximum Gasteiger partial charge on any atom is 0.224 e. The van der Waals surface area contributed by atoms with Gasteiger partial charge in [0.15, 0.2) is 0 Å². The molecule has 82 valence electrons. The van der Waals surface area contributed by atoms with Crippen LogP contribution in [0.2, 0.25) is 0 Å². The summed E-state index contributed by atoms with van der Waals surface area (Å²) in [7, 11) is 0. The quantitative estimate of drug-likeness (QED) is 0.775. The van der Waals surface area contributed by atoms with Gasteiger partial charge in [-0.25, -0.2) is 0 Å². The molecule has 0 aliphatic rings. The summed E-state index contributed by atoms with van der Waals surface area (Å²) in [6.45, 7) is 3.74. The highest BCUT2D eigenvalue weighted by atomic mass is 16.3. The Morgan fingerprint density at radius 3 is 2.87 bits per heavy atom. The van der Waals surface area contributed by atoms with Gasteiger partial charge in [-0.05, 0) is 19.4 Å². The van der Waals surface area contributed by atoms with Gasteiger partial charge in [-0.3, -0.25) is 4.79 Å². The number of benzene rings is 1. The summed E-state index contributed by atoms with van der Waals surface area (Å²) in [6.07, 6.45) is 0.367. The first-order valence-corrected chi connectivity index (χ1v) is 5.07. The Morgan fingerprint density at radius 1 is 1.53 bits per heavy atom. The van der Waals surface area contributed by atoms with Crippen LogP contribution in [0, 0.1) is 6.92 Å². The molecule has 0 bridgehead atoms. The van der Waals surface area contributed by atoms with Crippen LogP contribution >= 0.6 is 0 Å². The van der Waals surface area contributed by atoms with E-state index in [4.69, 9.17) is 5.11 Å². The molecule has 3 heteroatoms. The highest BCUT2D eigenvalue weighted by molar-refractivity contribution is 5.78. The summed E-state index contributed by atoms with van der Waals surface area (Å²) in [5.74, 6) is -0.0536. The van der Waals surface area contributed by atoms with Crippen LogP contribution in [-0.2, 0) is 11.2 Å². The molecule has 15 heavy (non-hydrogen) atoms. The van der Waals surface area contributed by atoms with Gasteiger partial charge in [0.25, 0.3) is 0 Å². The zero-order valence-corrected chi connectivity index (χ0v) is 9.16. The Hall–Kier alpha value is -1.35. The first-order valence-electron chi connectivity index (χ1n) is 5.07. The van der Waals surface area contributed by atoms with Crippen molar-refractivity contribution in [1.82, 2.24) is 5.32 Å². The summed E-state index contributed by atoms with van der Waals surface area (Å²) in [4.78, 5) is 11.5. The highest BCUT2D eigenvalue weighted by Crippen LogP contribution is 2.04. The summed E-state index contributed by atoms with van der Waals surface area (Å²) in [6, 6.07) is 7.67. The van der Waals surface area contributed by atoms with Crippen molar-refractivity contribution >= 4 is 5.91 Å². The first kappa shape index (κ1) is 11.7. The van der Waals surface area contributed by atoms with E-state index in [1.54, 1.807) is 6.92 Å². The van der Waals surface area contributed by atoms with Crippen molar-refractivity contribution in [3.63, 3.8) is 0 Å². The fourth-order valence-electron chi connectivity index (χ4n) is 1.38. The average molecular weight is 207 g/mol. The van der Waals surface area contributed by atoms with Gasteiger partial charge in [0.2, 0.25) is 5.91 Å². The summed E-state index contributed by atoms with van der Waals surface area (Å²) < 4.78 is 0. The van der Waals surface area contributed by atoms with Gasteiger partial charge in [0, 0.05) is 6.04 Å². The summed E-state index contributed by atoms with van der Waals surface area (Å²) >= 11 is 0. The van der Waals surface area contributed by atoms with Crippen molar-refractivity contribution in [1.29, 1.82) is 0 Å². The number of aryl methyl sites for hydroxylation is 1. The second kappa shape index (κ2) is 5.51. The Balaban J connectivity index is 2.51. The predicted octanol–water partition coefficient (Wildman–Crippen LogP) is 1.03. The Kier molecular flexibility index (Phi) is 4.31. The average Bonchev–Trinajstić information content (AvgIpc) is 2.17. The lowest BCUT2D eigenvalue weighted by atomic mass is 10.1. The lowest BCUT2D eigenvalue weighted by Crippen LogP contribution is -2.35. The van der Waals surface area contributed by atoms with Crippen LogP contribution in [0.1, 0.15) is 18.1 Å². The minimum absolute atomic E-state index is 0.0282. The molecule has 1 aromatic rings. The molecule has 1 rings (SSSR count). The minimum Gasteiger partial charge on any atom is -0.394 e. The molecule has 1 aromatic carbocycles. The maximum atomic E-state index is 11.5. The van der Waals surface area contributed by atoms with Crippen molar-refractivity contribution in [2.75, 3.05) is 6.61 Å². The maximum absolute atomic E-state index is 11.5. The van der Waals surface area contributed by atoms with Crippen molar-refractivity contribution in [2.45, 2.75) is 26.3 Å². The summed E-state index contributed by atoms with van der Waals surface area (Å²) in [5, 5.41) is 11.5. The molecule has 0 fully saturated rings. The molecule has 0 radical (unpaired) electrons. The van der Waals surface area contributed by atoms with E-state index in [9.17, 15) is 4.79 Å². The van der Waals surface area contributed by atoms with E-state index in [1.807, 2.05) is 31.2 Å². The number of hydrogen-bond donors (Lipinski definition) is 2. The van der Waals surface area contributed by atoms with Crippen molar-refractivity contribution < 1.29 is 9.90 Å². The number of nitrogens with one attached hydrogen (secondary N) is 1. The van der Waals surface area contributed by atoms with Crippen LogP contribution in [0.5, 0.6) is 0 Å². The number of carbonyl (C=O) groups excluding carboxylic acids is 1. The van der Waals surface area contributed by atoms with E-state index >= 15 is 0 Å². The fourth-order valence-corrected chi connectivity index (χ4v) is 1.38. The number of aliphatic hydroxyl groups is 1. The molecule has 0 heterocycles. The molecule has 2 N–H and O–H groups in total. The summed E-state index contributed by atoms with van der Waals surface area (Å²) in [5.41, 5.74) is 2.15. The van der Waals surface area contributed by atoms with Crippen LogP contribution in [0.3, 0.4) is 0 Å². The third kappa shape index (κ3) is 4.13. The lowest BCUT2D eigenvalue weighted by molar-refractivity contribution is -0.121. The monoisotopic (exact) mass is 207 g/mol. The van der Waals surface area contributed by atoms with E-state index in [2.05, 4.69) is 5.32 Å². The van der Waals surface area contributed by atoms with Crippen molar-refractivity contribution in [2.24, 2.45) is 0 Å². The number of aliphatic hydroxyl groups excluding tert-OH is 1. The Bertz CT molecular complexity index is 336. The topological polar surface area (TPSA) is 49.3 Å². The molecular weight excluding hydrogens is 190 g/mol. The molecule has 0 unspecified atom stereocenters. The van der Waals surface area contributed by atoms with E-state index in [1.165, 1.54) is 0 Å². The largest absolute Gasteiger partial charge is 0.394 e. The van der Waals surface area contributed by atoms with Crippen molar-refractivity contribution in [3.05, 3.63) is 35.4 Å². The number of amides is 1. The van der Waals surface area contributed by atoms with Crippen LogP contribution < -0.4 is 5.32 Å². The highest BCUT2D eigenvalue weighted by Gasteiger charge is 2.06. The van der Waals surface area contributed by atoms with E-state index in [-0.39, 0.29) is 18.6 Å². The van der Waals surface area contributed by atoms with Crippen molar-refractivity contribution in [3.8, 4) is 0 Å². The molecule has 0 spiro atoms. The minimum atomic E-state index is -0.178. The van der Waals surface area contributed by atoms with Gasteiger partial charge < -0.3 is 10.4 Å². The van der Waals surface area contributed by atoms with Gasteiger partial charge in [-0.15, -0.1) is 0 Å². The Labute approximate surface area is 90.1 Å². The number of carbonyl (C=O) groups is 1. The van der Waals surface area contributed by atoms with E-state index in [0.717, 1.165) is 11.1 Å². The fraction of sp³-hybridized carbons (Fsp3) is 0.417. The predicted molar refractivity (Wildman–Crippen MR) is 59.6 cm³/mol. The van der Waals surface area contributed by atoms with Gasteiger partial charge in [-0.1, -0.05) is 29.8 Å². The van der Waals surface area contributed by atoms with Gasteiger partial charge in [0.05, 0.1) is 13.0 Å². The molecule has 0 aromatic heterocycles. The molecule has 1 atom stereocenters. The van der Waals surface area contributed by atoms with Crippen LogP contribution in [0.15, 0.2) is 24.3 Å². The molecule has 0 saturated heterocycles. The normalized spacial score (nSPS) is 12.2. The second-order valence-corrected chi connectivity index (χ2v) is 3.82. The van der Waals surface area contributed by atoms with Gasteiger partial charge in [-0.2, -0.15) is 0 Å². The second-order valence-electron chi connectivity index (χ2n) is 3.82. The van der Waals surface area contributed by atoms with Crippen LogP contribution in [-0.4, -0.2) is 23.7 Å². The van der Waals surface area contributed by atoms with E-state index < -0.39 is 0 Å². The molecule has 0 aliphatic carbocycles. The standard InChI is InChI=1S/C12H17NO2/c1-9-4-3-5-11(6-9)7-12(15)13-10(2)8-14/h3-6,10,14H,7-8H2,1-2H3,(H,13,15)/t10-/m1/s1. The van der Waals surface area contributed by atoms with Crippen LogP contribution in [0.4, 0.5) is 0 Å². The third-order valence-electron chi connectivity index (χ3n) is 2.13. The zero-order valence-electron chi connectivity index (χ0n) is 9.16. The third-order valence-corrected chi connectivity index (χ3v) is 2.13. The van der Waals surface area contributed by atoms with Gasteiger partial charge >= 0.3 is 0 Å².